The molecule has 190 valence electrons. The molecular weight excluding hydrogens is 427 g/mol. The van der Waals surface area contributed by atoms with Crippen LogP contribution in [0.3, 0.4) is 0 Å². The second-order valence-electron chi connectivity index (χ2n) is 8.99. The van der Waals surface area contributed by atoms with Crippen LogP contribution < -0.4 is 11.6 Å². The summed E-state index contributed by atoms with van der Waals surface area (Å²) in [4.78, 5) is 4.08. The van der Waals surface area contributed by atoms with Gasteiger partial charge in [-0.2, -0.15) is 0 Å². The number of hydrogen-bond acceptors (Lipinski definition) is 5. The van der Waals surface area contributed by atoms with E-state index in [1.54, 1.807) is 21.0 Å². The van der Waals surface area contributed by atoms with Gasteiger partial charge in [0, 0.05) is 31.8 Å². The lowest BCUT2D eigenvalue weighted by molar-refractivity contribution is 0.216. The number of ether oxygens (including phenoxy) is 1. The first-order chi connectivity index (χ1) is 16.1. The minimum Gasteiger partial charge on any atom is -0.490 e. The lowest BCUT2D eigenvalue weighted by Gasteiger charge is -2.29. The molecule has 5 nitrogen and oxygen atoms in total. The van der Waals surface area contributed by atoms with Crippen molar-refractivity contribution in [1.82, 2.24) is 5.01 Å². The number of hydrazine groups is 1. The molecule has 0 saturated heterocycles. The van der Waals surface area contributed by atoms with Gasteiger partial charge in [0.15, 0.2) is 5.83 Å². The van der Waals surface area contributed by atoms with Crippen LogP contribution in [-0.4, -0.2) is 37.6 Å². The van der Waals surface area contributed by atoms with Gasteiger partial charge >= 0.3 is 0 Å². The van der Waals surface area contributed by atoms with Gasteiger partial charge in [-0.3, -0.25) is 10.8 Å². The summed E-state index contributed by atoms with van der Waals surface area (Å²) in [6.07, 6.45) is 15.7. The zero-order valence-electron chi connectivity index (χ0n) is 22.0. The van der Waals surface area contributed by atoms with E-state index in [0.717, 1.165) is 31.3 Å². The molecular formula is C28H45FN4O. The van der Waals surface area contributed by atoms with E-state index >= 15 is 4.39 Å². The first-order valence-corrected chi connectivity index (χ1v) is 12.2. The van der Waals surface area contributed by atoms with E-state index in [4.69, 9.17) is 16.3 Å². The van der Waals surface area contributed by atoms with Crippen molar-refractivity contribution in [2.24, 2.45) is 22.5 Å². The SMILES string of the molecule is C=C(C(C)=NC)/C(F)=C(\C/C(=C\C)C1CCC1)OC/C(C)=C/C=C\C(=C/C)CCC(N)N(C)N. The molecule has 6 heteroatoms. The van der Waals surface area contributed by atoms with Crippen LogP contribution in [-0.2, 0) is 4.74 Å². The van der Waals surface area contributed by atoms with E-state index in [9.17, 15) is 0 Å². The molecule has 1 unspecified atom stereocenters. The van der Waals surface area contributed by atoms with Crippen molar-refractivity contribution in [2.75, 3.05) is 20.7 Å². The second kappa shape index (κ2) is 15.6. The molecule has 0 heterocycles. The van der Waals surface area contributed by atoms with Crippen LogP contribution in [0.2, 0.25) is 0 Å². The summed E-state index contributed by atoms with van der Waals surface area (Å²) in [5, 5.41) is 1.52. The molecule has 1 aliphatic carbocycles. The van der Waals surface area contributed by atoms with Crippen LogP contribution >= 0.6 is 0 Å². The summed E-state index contributed by atoms with van der Waals surface area (Å²) < 4.78 is 21.3. The fourth-order valence-corrected chi connectivity index (χ4v) is 3.53. The first-order valence-electron chi connectivity index (χ1n) is 12.2. The molecule has 0 amide bonds. The highest BCUT2D eigenvalue weighted by Gasteiger charge is 2.24. The molecule has 4 N–H and O–H groups in total. The molecule has 0 aliphatic heterocycles. The minimum absolute atomic E-state index is 0.174. The molecule has 0 aromatic rings. The Morgan fingerprint density at radius 1 is 1.26 bits per heavy atom. The largest absolute Gasteiger partial charge is 0.490 e. The lowest BCUT2D eigenvalue weighted by atomic mass is 9.78. The number of allylic oxidation sites excluding steroid dienone is 9. The third-order valence-corrected chi connectivity index (χ3v) is 6.43. The number of nitrogens with two attached hydrogens (primary N) is 2. The number of nitrogens with zero attached hydrogens (tertiary/aromatic N) is 2. The van der Waals surface area contributed by atoms with E-state index in [-0.39, 0.29) is 11.7 Å². The van der Waals surface area contributed by atoms with Gasteiger partial charge in [0.25, 0.3) is 0 Å². The monoisotopic (exact) mass is 472 g/mol. The highest BCUT2D eigenvalue weighted by Crippen LogP contribution is 2.37. The molecule has 0 aromatic carbocycles. The average molecular weight is 473 g/mol. The molecule has 1 aliphatic rings. The van der Waals surface area contributed by atoms with E-state index in [1.165, 1.54) is 22.6 Å². The number of halogens is 1. The normalized spacial score (nSPS) is 18.3. The number of hydrogen-bond donors (Lipinski definition) is 2. The van der Waals surface area contributed by atoms with Crippen molar-refractivity contribution >= 4 is 5.71 Å². The summed E-state index contributed by atoms with van der Waals surface area (Å²) in [5.41, 5.74) is 10.2. The Morgan fingerprint density at radius 3 is 2.44 bits per heavy atom. The van der Waals surface area contributed by atoms with Crippen molar-refractivity contribution in [3.63, 3.8) is 0 Å². The average Bonchev–Trinajstić information content (AvgIpc) is 2.79. The van der Waals surface area contributed by atoms with Crippen molar-refractivity contribution < 1.29 is 9.13 Å². The molecule has 1 rings (SSSR count). The maximum Gasteiger partial charge on any atom is 0.169 e. The molecule has 1 atom stereocenters. The maximum atomic E-state index is 15.3. The molecule has 0 bridgehead atoms. The highest BCUT2D eigenvalue weighted by atomic mass is 19.1. The topological polar surface area (TPSA) is 76.9 Å². The van der Waals surface area contributed by atoms with Gasteiger partial charge in [-0.15, -0.1) is 0 Å². The van der Waals surface area contributed by atoms with Crippen LogP contribution in [0.15, 0.2) is 75.8 Å². The highest BCUT2D eigenvalue weighted by molar-refractivity contribution is 6.01. The Kier molecular flexibility index (Phi) is 13.6. The zero-order valence-corrected chi connectivity index (χ0v) is 22.0. The van der Waals surface area contributed by atoms with E-state index < -0.39 is 5.83 Å². The fourth-order valence-electron chi connectivity index (χ4n) is 3.53. The summed E-state index contributed by atoms with van der Waals surface area (Å²) in [6, 6.07) is 0. The molecule has 0 spiro atoms. The Balaban J connectivity index is 2.88. The predicted molar refractivity (Wildman–Crippen MR) is 144 cm³/mol. The Bertz CT molecular complexity index is 858. The third kappa shape index (κ3) is 9.92. The summed E-state index contributed by atoms with van der Waals surface area (Å²) >= 11 is 0. The molecule has 1 fully saturated rings. The van der Waals surface area contributed by atoms with Gasteiger partial charge in [0.2, 0.25) is 0 Å². The van der Waals surface area contributed by atoms with Gasteiger partial charge in [-0.05, 0) is 64.9 Å². The smallest absolute Gasteiger partial charge is 0.169 e. The third-order valence-electron chi connectivity index (χ3n) is 6.43. The quantitative estimate of drug-likeness (QED) is 0.0593. The fraction of sp³-hybridized carbons (Fsp3) is 0.536. The number of rotatable bonds is 14. The Morgan fingerprint density at radius 2 is 1.94 bits per heavy atom. The van der Waals surface area contributed by atoms with Crippen molar-refractivity contribution in [3.8, 4) is 0 Å². The van der Waals surface area contributed by atoms with Crippen LogP contribution in [0.4, 0.5) is 4.39 Å². The van der Waals surface area contributed by atoms with Crippen LogP contribution in [0.5, 0.6) is 0 Å². The van der Waals surface area contributed by atoms with Gasteiger partial charge in [0.1, 0.15) is 12.4 Å². The molecule has 0 aromatic heterocycles. The predicted octanol–water partition coefficient (Wildman–Crippen LogP) is 6.29. The van der Waals surface area contributed by atoms with Gasteiger partial charge in [0.05, 0.1) is 6.17 Å². The first kappa shape index (κ1) is 29.8. The van der Waals surface area contributed by atoms with E-state index in [1.807, 2.05) is 32.9 Å². The standard InChI is InChI=1S/C28H45FN4O/c1-8-23(16-17-27(30)33(7)31)13-10-12-20(3)19-34-26(28(29)21(4)22(5)32-6)18-24(9-2)25-14-11-15-25/h8-10,12-13,25,27H,4,11,14-19,30-31H2,1-3,5-7H3/b13-10-,20-12+,23-8+,24-9+,28-26-,32-22?. The van der Waals surface area contributed by atoms with Gasteiger partial charge in [-0.25, -0.2) is 9.40 Å². The Hall–Kier alpha value is -2.28. The van der Waals surface area contributed by atoms with Crippen molar-refractivity contribution in [3.05, 3.63) is 70.8 Å². The summed E-state index contributed by atoms with van der Waals surface area (Å²) in [5.74, 6) is 6.14. The second-order valence-corrected chi connectivity index (χ2v) is 8.99. The van der Waals surface area contributed by atoms with Crippen molar-refractivity contribution in [1.29, 1.82) is 0 Å². The lowest BCUT2D eigenvalue weighted by Crippen LogP contribution is -2.43. The number of aliphatic imine (C=N–C) groups is 1. The van der Waals surface area contributed by atoms with E-state index in [0.29, 0.717) is 30.4 Å². The zero-order chi connectivity index (χ0) is 25.7. The van der Waals surface area contributed by atoms with Gasteiger partial charge < -0.3 is 10.5 Å². The Labute approximate surface area is 206 Å². The molecule has 34 heavy (non-hydrogen) atoms. The summed E-state index contributed by atoms with van der Waals surface area (Å²) in [7, 11) is 3.41. The van der Waals surface area contributed by atoms with Crippen LogP contribution in [0.25, 0.3) is 0 Å². The van der Waals surface area contributed by atoms with Crippen molar-refractivity contribution in [2.45, 2.75) is 72.4 Å². The minimum atomic E-state index is -0.414. The van der Waals surface area contributed by atoms with E-state index in [2.05, 4.69) is 29.8 Å². The van der Waals surface area contributed by atoms with Crippen LogP contribution in [0.1, 0.15) is 66.2 Å². The molecule has 1 saturated carbocycles. The maximum absolute atomic E-state index is 15.3. The van der Waals surface area contributed by atoms with Crippen LogP contribution in [0, 0.1) is 5.92 Å². The van der Waals surface area contributed by atoms with Gasteiger partial charge in [-0.1, -0.05) is 54.5 Å². The molecule has 0 radical (unpaired) electrons. The summed E-state index contributed by atoms with van der Waals surface area (Å²) in [6.45, 7) is 12.0.